The maximum absolute atomic E-state index is 13.3. The molecular weight excluding hydrogens is 338 g/mol. The summed E-state index contributed by atoms with van der Waals surface area (Å²) in [5.41, 5.74) is 7.04. The third kappa shape index (κ3) is 3.50. The van der Waals surface area contributed by atoms with Crippen LogP contribution in [0.4, 0.5) is 0 Å². The van der Waals surface area contributed by atoms with Gasteiger partial charge in [-0.25, -0.2) is 9.67 Å². The van der Waals surface area contributed by atoms with E-state index in [1.54, 1.807) is 0 Å². The van der Waals surface area contributed by atoms with E-state index >= 15 is 0 Å². The van der Waals surface area contributed by atoms with Crippen molar-refractivity contribution in [2.75, 3.05) is 6.54 Å². The second kappa shape index (κ2) is 7.43. The van der Waals surface area contributed by atoms with Gasteiger partial charge in [0.1, 0.15) is 0 Å². The summed E-state index contributed by atoms with van der Waals surface area (Å²) < 4.78 is 1.99. The summed E-state index contributed by atoms with van der Waals surface area (Å²) in [6.07, 6.45) is 3.71. The Labute approximate surface area is 160 Å². The van der Waals surface area contributed by atoms with Crippen LogP contribution in [0, 0.1) is 11.8 Å². The maximum atomic E-state index is 13.3. The van der Waals surface area contributed by atoms with Gasteiger partial charge >= 0.3 is 0 Å². The van der Waals surface area contributed by atoms with Crippen LogP contribution >= 0.6 is 0 Å². The molecule has 1 aromatic heterocycles. The third-order valence-electron chi connectivity index (χ3n) is 5.92. The Kier molecular flexibility index (Phi) is 5.00. The van der Waals surface area contributed by atoms with Gasteiger partial charge in [-0.2, -0.15) is 5.10 Å². The lowest BCUT2D eigenvalue weighted by atomic mass is 9.84. The molecule has 1 amide bonds. The number of fused-ring (bicyclic) bond motifs is 1. The van der Waals surface area contributed by atoms with Crippen LogP contribution in [0.2, 0.25) is 0 Å². The van der Waals surface area contributed by atoms with E-state index in [9.17, 15) is 4.79 Å². The van der Waals surface area contributed by atoms with Gasteiger partial charge in [0, 0.05) is 24.1 Å². The average Bonchev–Trinajstić information content (AvgIpc) is 3.12. The first-order valence-electron chi connectivity index (χ1n) is 10.1. The molecule has 1 aliphatic carbocycles. The van der Waals surface area contributed by atoms with Crippen LogP contribution in [-0.4, -0.2) is 38.2 Å². The fourth-order valence-corrected chi connectivity index (χ4v) is 4.43. The van der Waals surface area contributed by atoms with Crippen molar-refractivity contribution in [3.8, 4) is 11.4 Å². The van der Waals surface area contributed by atoms with Gasteiger partial charge in [0.25, 0.3) is 0 Å². The Morgan fingerprint density at radius 3 is 2.48 bits per heavy atom. The minimum absolute atomic E-state index is 0.0215. The van der Waals surface area contributed by atoms with E-state index in [0.29, 0.717) is 13.1 Å². The monoisotopic (exact) mass is 367 g/mol. The molecule has 1 atom stereocenters. The van der Waals surface area contributed by atoms with Crippen molar-refractivity contribution in [2.45, 2.75) is 58.2 Å². The highest BCUT2D eigenvalue weighted by Crippen LogP contribution is 2.35. The van der Waals surface area contributed by atoms with Crippen LogP contribution in [0.25, 0.3) is 11.4 Å². The van der Waals surface area contributed by atoms with E-state index < -0.39 is 0 Å². The topological polar surface area (TPSA) is 77.0 Å². The predicted molar refractivity (Wildman–Crippen MR) is 105 cm³/mol. The van der Waals surface area contributed by atoms with Crippen molar-refractivity contribution < 1.29 is 4.79 Å². The van der Waals surface area contributed by atoms with Gasteiger partial charge < -0.3 is 10.6 Å². The molecule has 2 heterocycles. The maximum Gasteiger partial charge on any atom is 0.226 e. The lowest BCUT2D eigenvalue weighted by Crippen LogP contribution is -2.48. The zero-order valence-corrected chi connectivity index (χ0v) is 16.2. The van der Waals surface area contributed by atoms with Crippen molar-refractivity contribution >= 4 is 5.91 Å². The molecule has 2 N–H and O–H groups in total. The average molecular weight is 367 g/mol. The molecule has 144 valence electrons. The number of hydrogen-bond acceptors (Lipinski definition) is 4. The summed E-state index contributed by atoms with van der Waals surface area (Å²) in [7, 11) is 0. The normalized spacial score (nSPS) is 25.5. The highest BCUT2D eigenvalue weighted by molar-refractivity contribution is 5.79. The quantitative estimate of drug-likeness (QED) is 0.905. The molecule has 0 bridgehead atoms. The summed E-state index contributed by atoms with van der Waals surface area (Å²) in [5.74, 6) is 2.32. The highest BCUT2D eigenvalue weighted by Gasteiger charge is 2.39. The van der Waals surface area contributed by atoms with Gasteiger partial charge in [-0.15, -0.1) is 0 Å². The van der Waals surface area contributed by atoms with Crippen molar-refractivity contribution in [3.05, 3.63) is 36.2 Å². The number of aromatic nitrogens is 3. The SMILES string of the molecule is CC(C)[C@H]1c2nc(-c3ccccc3)nn2CCN1C(=O)C1CCC(N)CC1. The summed E-state index contributed by atoms with van der Waals surface area (Å²) in [5, 5.41) is 4.72. The first-order chi connectivity index (χ1) is 13.0. The lowest BCUT2D eigenvalue weighted by molar-refractivity contribution is -0.141. The summed E-state index contributed by atoms with van der Waals surface area (Å²) in [6.45, 7) is 5.73. The molecular formula is C21H29N5O. The van der Waals surface area contributed by atoms with E-state index in [-0.39, 0.29) is 29.8 Å². The molecule has 6 heteroatoms. The van der Waals surface area contributed by atoms with Crippen LogP contribution in [0.5, 0.6) is 0 Å². The summed E-state index contributed by atoms with van der Waals surface area (Å²) in [6, 6.07) is 10.3. The van der Waals surface area contributed by atoms with Gasteiger partial charge in [0.05, 0.1) is 12.6 Å². The van der Waals surface area contributed by atoms with Gasteiger partial charge in [0.2, 0.25) is 5.91 Å². The Morgan fingerprint density at radius 1 is 1.11 bits per heavy atom. The minimum atomic E-state index is -0.0215. The molecule has 2 aliphatic rings. The van der Waals surface area contributed by atoms with Gasteiger partial charge in [-0.05, 0) is 31.6 Å². The van der Waals surface area contributed by atoms with E-state index in [2.05, 4.69) is 18.7 Å². The Balaban J connectivity index is 1.61. The van der Waals surface area contributed by atoms with Gasteiger partial charge in [-0.3, -0.25) is 4.79 Å². The fraction of sp³-hybridized carbons (Fsp3) is 0.571. The van der Waals surface area contributed by atoms with Crippen molar-refractivity contribution in [2.24, 2.45) is 17.6 Å². The molecule has 0 saturated heterocycles. The minimum Gasteiger partial charge on any atom is -0.330 e. The number of benzene rings is 1. The molecule has 2 aromatic rings. The Bertz CT molecular complexity index is 792. The molecule has 0 radical (unpaired) electrons. The van der Waals surface area contributed by atoms with E-state index in [4.69, 9.17) is 15.8 Å². The standard InChI is InChI=1S/C21H29N5O/c1-14(2)18-20-23-19(15-6-4-3-5-7-15)24-26(20)13-12-25(18)21(27)16-8-10-17(22)11-9-16/h3-7,14,16-18H,8-13,22H2,1-2H3/t16?,17?,18-/m0/s1. The molecule has 27 heavy (non-hydrogen) atoms. The number of nitrogens with two attached hydrogens (primary N) is 1. The fourth-order valence-electron chi connectivity index (χ4n) is 4.43. The first-order valence-corrected chi connectivity index (χ1v) is 10.1. The van der Waals surface area contributed by atoms with Crippen LogP contribution in [0.1, 0.15) is 51.4 Å². The zero-order chi connectivity index (χ0) is 19.0. The molecule has 1 fully saturated rings. The molecule has 1 saturated carbocycles. The van der Waals surface area contributed by atoms with Crippen molar-refractivity contribution in [1.82, 2.24) is 19.7 Å². The Morgan fingerprint density at radius 2 is 1.81 bits per heavy atom. The van der Waals surface area contributed by atoms with Crippen LogP contribution in [0.15, 0.2) is 30.3 Å². The summed E-state index contributed by atoms with van der Waals surface area (Å²) >= 11 is 0. The van der Waals surface area contributed by atoms with Crippen molar-refractivity contribution in [3.63, 3.8) is 0 Å². The van der Waals surface area contributed by atoms with Gasteiger partial charge in [-0.1, -0.05) is 44.2 Å². The highest BCUT2D eigenvalue weighted by atomic mass is 16.2. The molecule has 4 rings (SSSR count). The number of rotatable bonds is 3. The van der Waals surface area contributed by atoms with Crippen LogP contribution in [0.3, 0.4) is 0 Å². The summed E-state index contributed by atoms with van der Waals surface area (Å²) in [4.78, 5) is 20.2. The number of hydrogen-bond donors (Lipinski definition) is 1. The largest absolute Gasteiger partial charge is 0.330 e. The van der Waals surface area contributed by atoms with E-state index in [1.165, 1.54) is 0 Å². The zero-order valence-electron chi connectivity index (χ0n) is 16.2. The predicted octanol–water partition coefficient (Wildman–Crippen LogP) is 3.00. The number of carbonyl (C=O) groups is 1. The molecule has 0 spiro atoms. The second-order valence-corrected chi connectivity index (χ2v) is 8.21. The van der Waals surface area contributed by atoms with Crippen molar-refractivity contribution in [1.29, 1.82) is 0 Å². The first kappa shape index (κ1) is 18.2. The molecule has 0 unspecified atom stereocenters. The third-order valence-corrected chi connectivity index (χ3v) is 5.92. The molecule has 6 nitrogen and oxygen atoms in total. The number of carbonyl (C=O) groups excluding carboxylic acids is 1. The number of nitrogens with zero attached hydrogens (tertiary/aromatic N) is 4. The van der Waals surface area contributed by atoms with Gasteiger partial charge in [0.15, 0.2) is 11.6 Å². The van der Waals surface area contributed by atoms with Crippen LogP contribution < -0.4 is 5.73 Å². The van der Waals surface area contributed by atoms with E-state index in [0.717, 1.165) is 42.9 Å². The smallest absolute Gasteiger partial charge is 0.226 e. The van der Waals surface area contributed by atoms with Crippen LogP contribution in [-0.2, 0) is 11.3 Å². The lowest BCUT2D eigenvalue weighted by Gasteiger charge is -2.40. The number of amides is 1. The molecule has 1 aromatic carbocycles. The van der Waals surface area contributed by atoms with E-state index in [1.807, 2.05) is 35.0 Å². The Hall–Kier alpha value is -2.21. The second-order valence-electron chi connectivity index (χ2n) is 8.21. The molecule has 1 aliphatic heterocycles.